The summed E-state index contributed by atoms with van der Waals surface area (Å²) in [4.78, 5) is 4.40. The van der Waals surface area contributed by atoms with E-state index in [1.807, 2.05) is 7.05 Å². The Morgan fingerprint density at radius 3 is 2.68 bits per heavy atom. The second-order valence-electron chi connectivity index (χ2n) is 7.92. The molecule has 0 saturated heterocycles. The molecule has 1 aromatic rings. The summed E-state index contributed by atoms with van der Waals surface area (Å²) in [6, 6.07) is 0.539. The Bertz CT molecular complexity index is 568. The van der Waals surface area contributed by atoms with E-state index < -0.39 is 0 Å². The zero-order valence-corrected chi connectivity index (χ0v) is 16.1. The summed E-state index contributed by atoms with van der Waals surface area (Å²) < 4.78 is 2.29. The zero-order valence-electron chi connectivity index (χ0n) is 16.1. The highest BCUT2D eigenvalue weighted by Crippen LogP contribution is 2.29. The van der Waals surface area contributed by atoms with Gasteiger partial charge >= 0.3 is 0 Å². The van der Waals surface area contributed by atoms with Crippen molar-refractivity contribution in [3.63, 3.8) is 0 Å². The fourth-order valence-electron chi connectivity index (χ4n) is 4.16. The van der Waals surface area contributed by atoms with E-state index in [2.05, 4.69) is 44.2 Å². The molecule has 1 aliphatic heterocycles. The Kier molecular flexibility index (Phi) is 6.32. The topological polar surface area (TPSA) is 67.1 Å². The Hall–Kier alpha value is -1.59. The van der Waals surface area contributed by atoms with Gasteiger partial charge in [-0.15, -0.1) is 10.2 Å². The highest BCUT2D eigenvalue weighted by molar-refractivity contribution is 5.79. The standard InChI is InChI=1S/C19H34N6/c1-14(2)15-8-10-16(11-9-15)22-19(20-3)21-13-18-24-23-17-7-5-4-6-12-25(17)18/h14-16H,4-13H2,1-3H3,(H2,20,21,22). The molecule has 0 spiro atoms. The minimum atomic E-state index is 0.539. The van der Waals surface area contributed by atoms with Crippen molar-refractivity contribution in [2.75, 3.05) is 7.05 Å². The van der Waals surface area contributed by atoms with E-state index in [0.29, 0.717) is 12.6 Å². The number of guanidine groups is 1. The number of aliphatic imine (C=N–C) groups is 1. The van der Waals surface area contributed by atoms with Gasteiger partial charge < -0.3 is 15.2 Å². The van der Waals surface area contributed by atoms with E-state index in [1.165, 1.54) is 44.9 Å². The fraction of sp³-hybridized carbons (Fsp3) is 0.842. The SMILES string of the molecule is CN=C(NCc1nnc2n1CCCCC2)NC1CCC(C(C)C)CC1. The molecule has 6 nitrogen and oxygen atoms in total. The van der Waals surface area contributed by atoms with Crippen molar-refractivity contribution in [1.82, 2.24) is 25.4 Å². The van der Waals surface area contributed by atoms with Crippen LogP contribution in [0.5, 0.6) is 0 Å². The summed E-state index contributed by atoms with van der Waals surface area (Å²) in [6.07, 6.45) is 9.93. The molecule has 1 fully saturated rings. The molecule has 140 valence electrons. The summed E-state index contributed by atoms with van der Waals surface area (Å²) >= 11 is 0. The molecule has 0 radical (unpaired) electrons. The third-order valence-electron chi connectivity index (χ3n) is 5.88. The lowest BCUT2D eigenvalue weighted by atomic mass is 9.80. The molecule has 1 aromatic heterocycles. The highest BCUT2D eigenvalue weighted by Gasteiger charge is 2.24. The monoisotopic (exact) mass is 346 g/mol. The van der Waals surface area contributed by atoms with E-state index >= 15 is 0 Å². The van der Waals surface area contributed by atoms with Crippen LogP contribution in [0.4, 0.5) is 0 Å². The number of rotatable bonds is 4. The molecule has 0 aromatic carbocycles. The summed E-state index contributed by atoms with van der Waals surface area (Å²) in [6.45, 7) is 6.43. The number of hydrogen-bond acceptors (Lipinski definition) is 3. The smallest absolute Gasteiger partial charge is 0.191 e. The molecule has 3 rings (SSSR count). The van der Waals surface area contributed by atoms with Crippen LogP contribution in [0.25, 0.3) is 0 Å². The van der Waals surface area contributed by atoms with Crippen molar-refractivity contribution < 1.29 is 0 Å². The predicted molar refractivity (Wildman–Crippen MR) is 101 cm³/mol. The zero-order chi connectivity index (χ0) is 17.6. The number of nitrogens with zero attached hydrogens (tertiary/aromatic N) is 4. The van der Waals surface area contributed by atoms with Crippen LogP contribution in [0.3, 0.4) is 0 Å². The maximum absolute atomic E-state index is 4.40. The van der Waals surface area contributed by atoms with Gasteiger partial charge in [-0.1, -0.05) is 20.3 Å². The van der Waals surface area contributed by atoms with Crippen molar-refractivity contribution in [2.45, 2.75) is 84.3 Å². The van der Waals surface area contributed by atoms with Gasteiger partial charge in [0.15, 0.2) is 11.8 Å². The van der Waals surface area contributed by atoms with E-state index in [4.69, 9.17) is 0 Å². The van der Waals surface area contributed by atoms with Gasteiger partial charge in [-0.05, 0) is 50.4 Å². The van der Waals surface area contributed by atoms with E-state index in [-0.39, 0.29) is 0 Å². The van der Waals surface area contributed by atoms with Crippen molar-refractivity contribution >= 4 is 5.96 Å². The van der Waals surface area contributed by atoms with Gasteiger partial charge in [0, 0.05) is 26.1 Å². The minimum Gasteiger partial charge on any atom is -0.354 e. The lowest BCUT2D eigenvalue weighted by molar-refractivity contribution is 0.250. The Balaban J connectivity index is 1.50. The molecule has 1 saturated carbocycles. The van der Waals surface area contributed by atoms with E-state index in [1.54, 1.807) is 0 Å². The highest BCUT2D eigenvalue weighted by atomic mass is 15.3. The van der Waals surface area contributed by atoms with Crippen molar-refractivity contribution in [1.29, 1.82) is 0 Å². The summed E-state index contributed by atoms with van der Waals surface area (Å²) in [5.74, 6) is 4.76. The molecular weight excluding hydrogens is 312 g/mol. The van der Waals surface area contributed by atoms with E-state index in [9.17, 15) is 0 Å². The second kappa shape index (κ2) is 8.68. The van der Waals surface area contributed by atoms with Crippen LogP contribution in [0, 0.1) is 11.8 Å². The molecule has 0 amide bonds. The molecule has 6 heteroatoms. The first kappa shape index (κ1) is 18.2. The third kappa shape index (κ3) is 4.73. The first-order valence-corrected chi connectivity index (χ1v) is 10.1. The number of hydrogen-bond donors (Lipinski definition) is 2. The van der Waals surface area contributed by atoms with Crippen LogP contribution < -0.4 is 10.6 Å². The van der Waals surface area contributed by atoms with Crippen molar-refractivity contribution in [3.05, 3.63) is 11.6 Å². The van der Waals surface area contributed by atoms with Gasteiger partial charge in [-0.25, -0.2) is 0 Å². The maximum Gasteiger partial charge on any atom is 0.191 e. The second-order valence-corrected chi connectivity index (χ2v) is 7.92. The van der Waals surface area contributed by atoms with Crippen molar-refractivity contribution in [2.24, 2.45) is 16.8 Å². The third-order valence-corrected chi connectivity index (χ3v) is 5.88. The summed E-state index contributed by atoms with van der Waals surface area (Å²) in [5, 5.41) is 15.8. The Morgan fingerprint density at radius 2 is 1.96 bits per heavy atom. The molecule has 0 unspecified atom stereocenters. The molecule has 2 aliphatic rings. The van der Waals surface area contributed by atoms with Gasteiger partial charge in [0.05, 0.1) is 6.54 Å². The predicted octanol–water partition coefficient (Wildman–Crippen LogP) is 2.88. The first-order valence-electron chi connectivity index (χ1n) is 10.1. The average molecular weight is 347 g/mol. The van der Waals surface area contributed by atoms with Gasteiger partial charge in [-0.2, -0.15) is 0 Å². The fourth-order valence-corrected chi connectivity index (χ4v) is 4.16. The van der Waals surface area contributed by atoms with Gasteiger partial charge in [-0.3, -0.25) is 4.99 Å². The van der Waals surface area contributed by atoms with E-state index in [0.717, 1.165) is 42.4 Å². The van der Waals surface area contributed by atoms with Gasteiger partial charge in [0.25, 0.3) is 0 Å². The molecule has 1 aliphatic carbocycles. The normalized spacial score (nSPS) is 24.7. The Morgan fingerprint density at radius 1 is 1.16 bits per heavy atom. The van der Waals surface area contributed by atoms with Crippen LogP contribution in [-0.4, -0.2) is 33.8 Å². The minimum absolute atomic E-state index is 0.539. The van der Waals surface area contributed by atoms with Gasteiger partial charge in [0.1, 0.15) is 5.82 Å². The van der Waals surface area contributed by atoms with Gasteiger partial charge in [0.2, 0.25) is 0 Å². The molecule has 0 bridgehead atoms. The molecule has 25 heavy (non-hydrogen) atoms. The molecule has 2 heterocycles. The van der Waals surface area contributed by atoms with Crippen LogP contribution in [0.15, 0.2) is 4.99 Å². The quantitative estimate of drug-likeness (QED) is 0.650. The number of nitrogens with one attached hydrogen (secondary N) is 2. The first-order chi connectivity index (χ1) is 12.2. The molecular formula is C19H34N6. The summed E-state index contributed by atoms with van der Waals surface area (Å²) in [5.41, 5.74) is 0. The molecule has 2 N–H and O–H groups in total. The number of fused-ring (bicyclic) bond motifs is 1. The Labute approximate surface area is 151 Å². The lowest BCUT2D eigenvalue weighted by Crippen LogP contribution is -2.45. The van der Waals surface area contributed by atoms with Crippen molar-refractivity contribution in [3.8, 4) is 0 Å². The lowest BCUT2D eigenvalue weighted by Gasteiger charge is -2.32. The number of aromatic nitrogens is 3. The molecule has 0 atom stereocenters. The van der Waals surface area contributed by atoms with Crippen LogP contribution >= 0.6 is 0 Å². The maximum atomic E-state index is 4.40. The average Bonchev–Trinajstić information content (AvgIpc) is 2.85. The van der Waals surface area contributed by atoms with Crippen LogP contribution in [0.1, 0.15) is 70.4 Å². The van der Waals surface area contributed by atoms with Crippen LogP contribution in [0.2, 0.25) is 0 Å². The summed E-state index contributed by atoms with van der Waals surface area (Å²) in [7, 11) is 1.85. The number of aryl methyl sites for hydroxylation is 1. The largest absolute Gasteiger partial charge is 0.354 e. The van der Waals surface area contributed by atoms with Crippen LogP contribution in [-0.2, 0) is 19.5 Å².